The molecule has 3 aromatic rings. The van der Waals surface area contributed by atoms with Crippen LogP contribution >= 0.6 is 0 Å². The van der Waals surface area contributed by atoms with Crippen molar-refractivity contribution >= 4 is 33.9 Å². The van der Waals surface area contributed by atoms with E-state index in [1.165, 1.54) is 6.33 Å². The predicted octanol–water partition coefficient (Wildman–Crippen LogP) is 3.12. The molecule has 3 heterocycles. The number of aryl methyl sites for hydroxylation is 1. The molecular formula is C21H25N7O3. The summed E-state index contributed by atoms with van der Waals surface area (Å²) in [5.41, 5.74) is 2.24. The van der Waals surface area contributed by atoms with Crippen molar-refractivity contribution in [3.63, 3.8) is 0 Å². The van der Waals surface area contributed by atoms with E-state index in [0.29, 0.717) is 12.2 Å². The first-order valence-corrected chi connectivity index (χ1v) is 10.3. The molecule has 1 saturated heterocycles. The summed E-state index contributed by atoms with van der Waals surface area (Å²) >= 11 is 0. The molecule has 0 amide bonds. The zero-order chi connectivity index (χ0) is 21.6. The monoisotopic (exact) mass is 423 g/mol. The zero-order valence-corrected chi connectivity index (χ0v) is 17.4. The third-order valence-corrected chi connectivity index (χ3v) is 5.18. The third kappa shape index (κ3) is 5.04. The van der Waals surface area contributed by atoms with E-state index in [9.17, 15) is 10.1 Å². The number of pyridine rings is 1. The molecular weight excluding hydrogens is 398 g/mol. The first-order valence-electron chi connectivity index (χ1n) is 10.3. The summed E-state index contributed by atoms with van der Waals surface area (Å²) in [6.45, 7) is 6.75. The largest absolute Gasteiger partial charge is 0.379 e. The Labute approximate surface area is 179 Å². The average molecular weight is 423 g/mol. The van der Waals surface area contributed by atoms with E-state index < -0.39 is 4.92 Å². The molecule has 0 spiro atoms. The molecule has 0 unspecified atom stereocenters. The van der Waals surface area contributed by atoms with Crippen LogP contribution in [0.25, 0.3) is 10.9 Å². The highest BCUT2D eigenvalue weighted by Crippen LogP contribution is 2.33. The summed E-state index contributed by atoms with van der Waals surface area (Å²) in [5, 5.41) is 18.9. The van der Waals surface area contributed by atoms with Crippen LogP contribution in [-0.4, -0.2) is 64.2 Å². The van der Waals surface area contributed by atoms with Gasteiger partial charge in [0.2, 0.25) is 11.6 Å². The number of hydrogen-bond acceptors (Lipinski definition) is 9. The van der Waals surface area contributed by atoms with Gasteiger partial charge in [-0.15, -0.1) is 0 Å². The van der Waals surface area contributed by atoms with Gasteiger partial charge in [-0.3, -0.25) is 20.0 Å². The van der Waals surface area contributed by atoms with E-state index in [4.69, 9.17) is 4.74 Å². The Kier molecular flexibility index (Phi) is 6.48. The molecule has 0 aliphatic carbocycles. The number of morpholine rings is 1. The Morgan fingerprint density at radius 2 is 1.97 bits per heavy atom. The van der Waals surface area contributed by atoms with Crippen molar-refractivity contribution in [2.75, 3.05) is 50.0 Å². The van der Waals surface area contributed by atoms with Crippen LogP contribution in [0.2, 0.25) is 0 Å². The summed E-state index contributed by atoms with van der Waals surface area (Å²) in [4.78, 5) is 26.5. The van der Waals surface area contributed by atoms with E-state index in [1.54, 1.807) is 0 Å². The third-order valence-electron chi connectivity index (χ3n) is 5.18. The fourth-order valence-electron chi connectivity index (χ4n) is 3.60. The summed E-state index contributed by atoms with van der Waals surface area (Å²) in [6, 6.07) is 9.46. The van der Waals surface area contributed by atoms with Gasteiger partial charge in [-0.1, -0.05) is 6.07 Å². The highest BCUT2D eigenvalue weighted by molar-refractivity contribution is 5.94. The van der Waals surface area contributed by atoms with Gasteiger partial charge in [0, 0.05) is 36.4 Å². The number of ether oxygens (including phenoxy) is 1. The molecule has 162 valence electrons. The van der Waals surface area contributed by atoms with Crippen molar-refractivity contribution in [2.24, 2.45) is 0 Å². The van der Waals surface area contributed by atoms with Crippen molar-refractivity contribution in [3.05, 3.63) is 52.5 Å². The SMILES string of the molecule is Cc1ccc2c(Nc3ncnc(NCCCN4CCOCC4)c3[N+](=O)[O-])cccc2n1. The second kappa shape index (κ2) is 9.63. The maximum atomic E-state index is 11.8. The lowest BCUT2D eigenvalue weighted by Gasteiger charge is -2.26. The molecule has 1 aliphatic rings. The minimum atomic E-state index is -0.458. The molecule has 1 aliphatic heterocycles. The van der Waals surface area contributed by atoms with Gasteiger partial charge in [0.1, 0.15) is 6.33 Å². The van der Waals surface area contributed by atoms with Crippen LogP contribution in [0.1, 0.15) is 12.1 Å². The molecule has 10 heteroatoms. The molecule has 1 aromatic carbocycles. The number of aromatic nitrogens is 3. The molecule has 0 atom stereocenters. The normalized spacial score (nSPS) is 14.5. The Morgan fingerprint density at radius 1 is 1.16 bits per heavy atom. The quantitative estimate of drug-likeness (QED) is 0.320. The molecule has 2 aromatic heterocycles. The topological polar surface area (TPSA) is 118 Å². The second-order valence-electron chi connectivity index (χ2n) is 7.36. The van der Waals surface area contributed by atoms with Crippen molar-refractivity contribution in [1.82, 2.24) is 19.9 Å². The molecule has 2 N–H and O–H groups in total. The van der Waals surface area contributed by atoms with Crippen LogP contribution < -0.4 is 10.6 Å². The lowest BCUT2D eigenvalue weighted by molar-refractivity contribution is -0.383. The first kappa shape index (κ1) is 20.9. The highest BCUT2D eigenvalue weighted by atomic mass is 16.6. The van der Waals surface area contributed by atoms with Gasteiger partial charge in [0.05, 0.1) is 23.7 Å². The molecule has 0 radical (unpaired) electrons. The number of anilines is 3. The number of benzene rings is 1. The molecule has 1 fully saturated rings. The first-order chi connectivity index (χ1) is 15.1. The smallest absolute Gasteiger partial charge is 0.353 e. The lowest BCUT2D eigenvalue weighted by atomic mass is 10.1. The lowest BCUT2D eigenvalue weighted by Crippen LogP contribution is -2.37. The fourth-order valence-corrected chi connectivity index (χ4v) is 3.60. The predicted molar refractivity (Wildman–Crippen MR) is 119 cm³/mol. The van der Waals surface area contributed by atoms with Crippen LogP contribution in [-0.2, 0) is 4.74 Å². The Bertz CT molecular complexity index is 1070. The number of hydrogen-bond donors (Lipinski definition) is 2. The van der Waals surface area contributed by atoms with Gasteiger partial charge in [-0.05, 0) is 44.2 Å². The van der Waals surface area contributed by atoms with Crippen LogP contribution in [0, 0.1) is 17.0 Å². The molecule has 10 nitrogen and oxygen atoms in total. The minimum Gasteiger partial charge on any atom is -0.379 e. The van der Waals surface area contributed by atoms with Crippen LogP contribution in [0.5, 0.6) is 0 Å². The summed E-state index contributed by atoms with van der Waals surface area (Å²) in [5.74, 6) is 0.349. The van der Waals surface area contributed by atoms with E-state index in [-0.39, 0.29) is 17.3 Å². The van der Waals surface area contributed by atoms with Crippen molar-refractivity contribution in [2.45, 2.75) is 13.3 Å². The number of rotatable bonds is 8. The van der Waals surface area contributed by atoms with Gasteiger partial charge in [0.25, 0.3) is 0 Å². The van der Waals surface area contributed by atoms with Crippen molar-refractivity contribution in [3.8, 4) is 0 Å². The number of nitro groups is 1. The molecule has 0 saturated carbocycles. The van der Waals surface area contributed by atoms with E-state index in [1.807, 2.05) is 37.3 Å². The highest BCUT2D eigenvalue weighted by Gasteiger charge is 2.23. The Hall–Kier alpha value is -3.37. The van der Waals surface area contributed by atoms with E-state index in [2.05, 4.69) is 30.5 Å². The van der Waals surface area contributed by atoms with E-state index in [0.717, 1.165) is 55.9 Å². The van der Waals surface area contributed by atoms with Crippen molar-refractivity contribution in [1.29, 1.82) is 0 Å². The van der Waals surface area contributed by atoms with Crippen LogP contribution in [0.15, 0.2) is 36.7 Å². The van der Waals surface area contributed by atoms with Gasteiger partial charge >= 0.3 is 5.69 Å². The molecule has 4 rings (SSSR count). The van der Waals surface area contributed by atoms with Crippen molar-refractivity contribution < 1.29 is 9.66 Å². The van der Waals surface area contributed by atoms with Gasteiger partial charge in [-0.25, -0.2) is 9.97 Å². The van der Waals surface area contributed by atoms with Crippen LogP contribution in [0.3, 0.4) is 0 Å². The summed E-state index contributed by atoms with van der Waals surface area (Å²) in [7, 11) is 0. The number of nitrogens with one attached hydrogen (secondary N) is 2. The maximum absolute atomic E-state index is 11.8. The number of nitrogens with zero attached hydrogens (tertiary/aromatic N) is 5. The zero-order valence-electron chi connectivity index (χ0n) is 17.4. The molecule has 0 bridgehead atoms. The Morgan fingerprint density at radius 3 is 2.77 bits per heavy atom. The summed E-state index contributed by atoms with van der Waals surface area (Å²) < 4.78 is 5.35. The maximum Gasteiger partial charge on any atom is 0.353 e. The second-order valence-corrected chi connectivity index (χ2v) is 7.36. The fraction of sp³-hybridized carbons (Fsp3) is 0.381. The average Bonchev–Trinajstić information content (AvgIpc) is 2.77. The minimum absolute atomic E-state index is 0.142. The summed E-state index contributed by atoms with van der Waals surface area (Å²) in [6.07, 6.45) is 2.17. The molecule has 31 heavy (non-hydrogen) atoms. The van der Waals surface area contributed by atoms with Gasteiger partial charge in [0.15, 0.2) is 0 Å². The van der Waals surface area contributed by atoms with Gasteiger partial charge in [-0.2, -0.15) is 0 Å². The number of fused-ring (bicyclic) bond motifs is 1. The van der Waals surface area contributed by atoms with Gasteiger partial charge < -0.3 is 15.4 Å². The standard InChI is InChI=1S/C21H25N7O3/c1-15-6-7-16-17(25-15)4-2-5-18(16)26-21-19(28(29)30)20(23-14-24-21)22-8-3-9-27-10-12-31-13-11-27/h2,4-7,14H,3,8-13H2,1H3,(H2,22,23,24,26). The van der Waals surface area contributed by atoms with Crippen LogP contribution in [0.4, 0.5) is 23.0 Å². The van der Waals surface area contributed by atoms with E-state index >= 15 is 0 Å². The Balaban J connectivity index is 1.50.